The molecule has 0 aliphatic rings. The van der Waals surface area contributed by atoms with Gasteiger partial charge in [-0.15, -0.1) is 0 Å². The van der Waals surface area contributed by atoms with Gasteiger partial charge < -0.3 is 10.5 Å². The molecule has 118 valence electrons. The molecule has 2 aromatic heterocycles. The van der Waals surface area contributed by atoms with Gasteiger partial charge in [-0.2, -0.15) is 5.26 Å². The van der Waals surface area contributed by atoms with Gasteiger partial charge in [-0.05, 0) is 30.7 Å². The predicted molar refractivity (Wildman–Crippen MR) is 93.3 cm³/mol. The van der Waals surface area contributed by atoms with Gasteiger partial charge in [0.25, 0.3) is 0 Å². The summed E-state index contributed by atoms with van der Waals surface area (Å²) in [5.74, 6) is 0.995. The molecule has 0 unspecified atom stereocenters. The van der Waals surface area contributed by atoms with Gasteiger partial charge in [-0.25, -0.2) is 4.98 Å². The monoisotopic (exact) mass is 316 g/mol. The molecular formula is C19H16N4O. The minimum atomic E-state index is 0.228. The number of methoxy groups -OCH3 is 1. The van der Waals surface area contributed by atoms with E-state index in [4.69, 9.17) is 10.5 Å². The standard InChI is InChI=1S/C19H16N4O/c1-12-17(13-5-7-15(24-2)8-6-13)18(14-4-3-9-22-11-14)16(10-20)19(21)23-12/h3-9,11H,1-2H3,(H2,21,23). The number of hydrogen-bond acceptors (Lipinski definition) is 5. The lowest BCUT2D eigenvalue weighted by molar-refractivity contribution is 0.415. The Balaban J connectivity index is 2.34. The van der Waals surface area contributed by atoms with Crippen LogP contribution in [0.3, 0.4) is 0 Å². The van der Waals surface area contributed by atoms with Crippen molar-refractivity contribution in [2.75, 3.05) is 12.8 Å². The molecule has 5 nitrogen and oxygen atoms in total. The van der Waals surface area contributed by atoms with Gasteiger partial charge in [0.05, 0.1) is 7.11 Å². The molecule has 0 saturated carbocycles. The maximum atomic E-state index is 9.59. The van der Waals surface area contributed by atoms with Crippen molar-refractivity contribution in [3.8, 4) is 34.1 Å². The van der Waals surface area contributed by atoms with Gasteiger partial charge in [0, 0.05) is 34.8 Å². The Morgan fingerprint density at radius 3 is 2.42 bits per heavy atom. The molecule has 3 rings (SSSR count). The molecule has 0 radical (unpaired) electrons. The fourth-order valence-corrected chi connectivity index (χ4v) is 2.75. The quantitative estimate of drug-likeness (QED) is 0.798. The van der Waals surface area contributed by atoms with Crippen molar-refractivity contribution >= 4 is 5.82 Å². The SMILES string of the molecule is COc1ccc(-c2c(C)nc(N)c(C#N)c2-c2cccnc2)cc1. The fourth-order valence-electron chi connectivity index (χ4n) is 2.75. The lowest BCUT2D eigenvalue weighted by atomic mass is 9.91. The lowest BCUT2D eigenvalue weighted by Crippen LogP contribution is -2.03. The van der Waals surface area contributed by atoms with Crippen LogP contribution in [0.2, 0.25) is 0 Å². The minimum Gasteiger partial charge on any atom is -0.497 e. The third-order valence-corrected chi connectivity index (χ3v) is 3.85. The van der Waals surface area contributed by atoms with E-state index in [1.54, 1.807) is 19.5 Å². The van der Waals surface area contributed by atoms with E-state index in [2.05, 4.69) is 16.0 Å². The zero-order valence-corrected chi connectivity index (χ0v) is 13.4. The van der Waals surface area contributed by atoms with E-state index in [1.165, 1.54) is 0 Å². The molecule has 1 aromatic carbocycles. The Labute approximate surface area is 140 Å². The van der Waals surface area contributed by atoms with E-state index in [1.807, 2.05) is 43.3 Å². The van der Waals surface area contributed by atoms with Gasteiger partial charge in [-0.1, -0.05) is 18.2 Å². The van der Waals surface area contributed by atoms with Gasteiger partial charge in [-0.3, -0.25) is 4.98 Å². The molecule has 0 saturated heterocycles. The number of anilines is 1. The number of aryl methyl sites for hydroxylation is 1. The molecule has 0 aliphatic carbocycles. The highest BCUT2D eigenvalue weighted by Crippen LogP contribution is 2.38. The van der Waals surface area contributed by atoms with Crippen LogP contribution in [0.5, 0.6) is 5.75 Å². The summed E-state index contributed by atoms with van der Waals surface area (Å²) in [4.78, 5) is 8.52. The number of aromatic nitrogens is 2. The largest absolute Gasteiger partial charge is 0.497 e. The summed E-state index contributed by atoms with van der Waals surface area (Å²) in [5, 5.41) is 9.59. The third kappa shape index (κ3) is 2.66. The smallest absolute Gasteiger partial charge is 0.142 e. The van der Waals surface area contributed by atoms with Crippen molar-refractivity contribution in [1.82, 2.24) is 9.97 Å². The number of ether oxygens (including phenoxy) is 1. The van der Waals surface area contributed by atoms with Crippen molar-refractivity contribution in [1.29, 1.82) is 5.26 Å². The zero-order valence-electron chi connectivity index (χ0n) is 13.4. The lowest BCUT2D eigenvalue weighted by Gasteiger charge is -2.16. The molecule has 24 heavy (non-hydrogen) atoms. The molecule has 5 heteroatoms. The Hall–Kier alpha value is -3.39. The minimum absolute atomic E-state index is 0.228. The van der Waals surface area contributed by atoms with E-state index in [9.17, 15) is 5.26 Å². The molecule has 0 fully saturated rings. The number of pyridine rings is 2. The van der Waals surface area contributed by atoms with Crippen LogP contribution in [-0.2, 0) is 0 Å². The van der Waals surface area contributed by atoms with Crippen molar-refractivity contribution in [2.24, 2.45) is 0 Å². The molecule has 0 bridgehead atoms. The first-order chi connectivity index (χ1) is 11.7. The first kappa shape index (κ1) is 15.5. The summed E-state index contributed by atoms with van der Waals surface area (Å²) < 4.78 is 5.22. The van der Waals surface area contributed by atoms with E-state index >= 15 is 0 Å². The number of hydrogen-bond donors (Lipinski definition) is 1. The molecule has 2 N–H and O–H groups in total. The number of nitrogens with zero attached hydrogens (tertiary/aromatic N) is 3. The second-order valence-corrected chi connectivity index (χ2v) is 5.29. The Kier molecular flexibility index (Phi) is 4.13. The summed E-state index contributed by atoms with van der Waals surface area (Å²) in [6.07, 6.45) is 3.42. The Morgan fingerprint density at radius 1 is 1.08 bits per heavy atom. The summed E-state index contributed by atoms with van der Waals surface area (Å²) in [7, 11) is 1.62. The molecule has 0 aliphatic heterocycles. The first-order valence-electron chi connectivity index (χ1n) is 7.40. The molecular weight excluding hydrogens is 300 g/mol. The highest BCUT2D eigenvalue weighted by Gasteiger charge is 2.19. The van der Waals surface area contributed by atoms with Crippen LogP contribution in [0.25, 0.3) is 22.3 Å². The number of nitriles is 1. The maximum absolute atomic E-state index is 9.59. The number of nitrogen functional groups attached to an aromatic ring is 1. The molecule has 3 aromatic rings. The fraction of sp³-hybridized carbons (Fsp3) is 0.105. The highest BCUT2D eigenvalue weighted by atomic mass is 16.5. The molecule has 0 spiro atoms. The van der Waals surface area contributed by atoms with Gasteiger partial charge in [0.1, 0.15) is 23.2 Å². The van der Waals surface area contributed by atoms with E-state index in [0.29, 0.717) is 5.56 Å². The number of benzene rings is 1. The highest BCUT2D eigenvalue weighted by molar-refractivity contribution is 5.90. The van der Waals surface area contributed by atoms with Gasteiger partial charge in [0.15, 0.2) is 0 Å². The topological polar surface area (TPSA) is 84.8 Å². The van der Waals surface area contributed by atoms with Crippen molar-refractivity contribution < 1.29 is 4.74 Å². The Bertz CT molecular complexity index is 913. The average Bonchev–Trinajstić information content (AvgIpc) is 2.62. The second-order valence-electron chi connectivity index (χ2n) is 5.29. The van der Waals surface area contributed by atoms with Crippen LogP contribution in [0.1, 0.15) is 11.3 Å². The number of rotatable bonds is 3. The van der Waals surface area contributed by atoms with E-state index < -0.39 is 0 Å². The van der Waals surface area contributed by atoms with E-state index in [-0.39, 0.29) is 5.82 Å². The summed E-state index contributed by atoms with van der Waals surface area (Å²) in [5.41, 5.74) is 10.5. The van der Waals surface area contributed by atoms with Crippen LogP contribution in [0, 0.1) is 18.3 Å². The van der Waals surface area contributed by atoms with Gasteiger partial charge in [0.2, 0.25) is 0 Å². The van der Waals surface area contributed by atoms with Gasteiger partial charge >= 0.3 is 0 Å². The van der Waals surface area contributed by atoms with Crippen LogP contribution in [-0.4, -0.2) is 17.1 Å². The number of nitrogens with two attached hydrogens (primary N) is 1. The van der Waals surface area contributed by atoms with Crippen molar-refractivity contribution in [3.63, 3.8) is 0 Å². The van der Waals surface area contributed by atoms with E-state index in [0.717, 1.165) is 33.7 Å². The van der Waals surface area contributed by atoms with Crippen LogP contribution in [0.15, 0.2) is 48.8 Å². The normalized spacial score (nSPS) is 10.2. The van der Waals surface area contributed by atoms with Crippen molar-refractivity contribution in [2.45, 2.75) is 6.92 Å². The molecule has 0 amide bonds. The summed E-state index contributed by atoms with van der Waals surface area (Å²) in [6, 6.07) is 13.6. The maximum Gasteiger partial charge on any atom is 0.142 e. The van der Waals surface area contributed by atoms with Crippen LogP contribution in [0.4, 0.5) is 5.82 Å². The van der Waals surface area contributed by atoms with Crippen LogP contribution >= 0.6 is 0 Å². The average molecular weight is 316 g/mol. The summed E-state index contributed by atoms with van der Waals surface area (Å²) >= 11 is 0. The zero-order chi connectivity index (χ0) is 17.1. The Morgan fingerprint density at radius 2 is 1.83 bits per heavy atom. The third-order valence-electron chi connectivity index (χ3n) is 3.85. The van der Waals surface area contributed by atoms with Crippen LogP contribution < -0.4 is 10.5 Å². The second kappa shape index (κ2) is 6.39. The van der Waals surface area contributed by atoms with Crippen molar-refractivity contribution in [3.05, 3.63) is 60.0 Å². The summed E-state index contributed by atoms with van der Waals surface area (Å²) in [6.45, 7) is 1.89. The molecule has 0 atom stereocenters. The molecule has 2 heterocycles. The first-order valence-corrected chi connectivity index (χ1v) is 7.40. The predicted octanol–water partition coefficient (Wildman–Crippen LogP) is 3.58.